The summed E-state index contributed by atoms with van der Waals surface area (Å²) in [6.07, 6.45) is 28.3. The minimum atomic E-state index is -0.471. The Bertz CT molecular complexity index is 1160. The van der Waals surface area contributed by atoms with E-state index in [2.05, 4.69) is 32.1 Å². The lowest BCUT2D eigenvalue weighted by atomic mass is 9.63. The van der Waals surface area contributed by atoms with Crippen LogP contribution in [0.25, 0.3) is 0 Å². The Kier molecular flexibility index (Phi) is 20.9. The van der Waals surface area contributed by atoms with Crippen molar-refractivity contribution in [3.63, 3.8) is 0 Å². The van der Waals surface area contributed by atoms with Gasteiger partial charge in [0.05, 0.1) is 24.4 Å². The van der Waals surface area contributed by atoms with Crippen LogP contribution in [-0.2, 0) is 14.3 Å². The topological polar surface area (TPSA) is 102 Å². The molecule has 0 heterocycles. The van der Waals surface area contributed by atoms with Crippen molar-refractivity contribution in [3.05, 3.63) is 54.1 Å². The van der Waals surface area contributed by atoms with Crippen molar-refractivity contribution >= 4 is 23.5 Å². The second-order valence-corrected chi connectivity index (χ2v) is 15.4. The van der Waals surface area contributed by atoms with Crippen molar-refractivity contribution in [1.82, 2.24) is 0 Å². The number of unbranched alkanes of at least 4 members (excludes halogenated alkanes) is 10. The minimum absolute atomic E-state index is 0.00233. The van der Waals surface area contributed by atoms with Gasteiger partial charge in [0.1, 0.15) is 19.0 Å². The summed E-state index contributed by atoms with van der Waals surface area (Å²) in [6, 6.07) is 6.95. The van der Waals surface area contributed by atoms with Crippen LogP contribution in [0.15, 0.2) is 48.6 Å². The van der Waals surface area contributed by atoms with E-state index in [1.807, 2.05) is 6.08 Å². The number of aliphatic hydroxyl groups excluding tert-OH is 2. The lowest BCUT2D eigenvalue weighted by Gasteiger charge is -2.45. The van der Waals surface area contributed by atoms with Crippen LogP contribution < -0.4 is 4.74 Å². The maximum absolute atomic E-state index is 12.4. The Morgan fingerprint density at radius 2 is 1.55 bits per heavy atom. The monoisotopic (exact) mass is 730 g/mol. The van der Waals surface area contributed by atoms with Gasteiger partial charge in [-0.2, -0.15) is 0 Å². The van der Waals surface area contributed by atoms with E-state index in [4.69, 9.17) is 25.8 Å². The van der Waals surface area contributed by atoms with Crippen LogP contribution >= 0.6 is 11.6 Å². The fraction of sp³-hybridized carbons (Fsp3) is 0.721. The lowest BCUT2D eigenvalue weighted by molar-refractivity contribution is -0.144. The zero-order valence-electron chi connectivity index (χ0n) is 31.6. The SMILES string of the molecule is CCCCCCCCCCCCOc1ccc(C(=O)OCCOC(=O)CCCC=CC[C@@H]2[C@@H](C=CC[C@H](O)C3(CC)CCC3)[C@H](O)C[C@H]2Cl)cc1. The van der Waals surface area contributed by atoms with Crippen LogP contribution in [0.4, 0.5) is 0 Å². The van der Waals surface area contributed by atoms with E-state index in [1.54, 1.807) is 24.3 Å². The van der Waals surface area contributed by atoms with E-state index < -0.39 is 12.1 Å². The molecular weight excluding hydrogens is 664 g/mol. The summed E-state index contributed by atoms with van der Waals surface area (Å²) < 4.78 is 16.3. The van der Waals surface area contributed by atoms with Gasteiger partial charge in [-0.25, -0.2) is 4.79 Å². The molecule has 0 aliphatic heterocycles. The van der Waals surface area contributed by atoms with Gasteiger partial charge in [0.15, 0.2) is 0 Å². The largest absolute Gasteiger partial charge is 0.494 e. The van der Waals surface area contributed by atoms with Crippen LogP contribution in [0, 0.1) is 17.3 Å². The van der Waals surface area contributed by atoms with E-state index in [1.165, 1.54) is 64.2 Å². The molecule has 7 nitrogen and oxygen atoms in total. The number of ether oxygens (including phenoxy) is 3. The second-order valence-electron chi connectivity index (χ2n) is 14.8. The van der Waals surface area contributed by atoms with Gasteiger partial charge >= 0.3 is 11.9 Å². The summed E-state index contributed by atoms with van der Waals surface area (Å²) in [5, 5.41) is 21.2. The van der Waals surface area contributed by atoms with Crippen molar-refractivity contribution in [2.75, 3.05) is 19.8 Å². The van der Waals surface area contributed by atoms with Gasteiger partial charge < -0.3 is 24.4 Å². The number of carbonyl (C=O) groups is 2. The lowest BCUT2D eigenvalue weighted by Crippen LogP contribution is -2.40. The van der Waals surface area contributed by atoms with Crippen LogP contribution in [0.5, 0.6) is 5.75 Å². The molecule has 0 saturated heterocycles. The molecule has 2 aliphatic rings. The molecule has 0 aromatic heterocycles. The highest BCUT2D eigenvalue weighted by atomic mass is 35.5. The van der Waals surface area contributed by atoms with E-state index in [9.17, 15) is 19.8 Å². The predicted molar refractivity (Wildman–Crippen MR) is 206 cm³/mol. The zero-order chi connectivity index (χ0) is 36.7. The van der Waals surface area contributed by atoms with Crippen molar-refractivity contribution in [1.29, 1.82) is 0 Å². The first-order valence-electron chi connectivity index (χ1n) is 20.2. The molecule has 2 fully saturated rings. The number of alkyl halides is 1. The number of benzene rings is 1. The molecule has 0 spiro atoms. The molecule has 1 aromatic rings. The fourth-order valence-corrected chi connectivity index (χ4v) is 7.93. The van der Waals surface area contributed by atoms with Gasteiger partial charge in [0, 0.05) is 17.7 Å². The molecule has 2 N–H and O–H groups in total. The van der Waals surface area contributed by atoms with Crippen molar-refractivity contribution in [3.8, 4) is 5.75 Å². The summed E-state index contributed by atoms with van der Waals surface area (Å²) >= 11 is 6.61. The molecule has 0 bridgehead atoms. The van der Waals surface area contributed by atoms with E-state index in [0.717, 1.165) is 44.3 Å². The Hall–Kier alpha value is -2.35. The Labute approximate surface area is 313 Å². The molecule has 3 rings (SSSR count). The van der Waals surface area contributed by atoms with Crippen LogP contribution in [0.3, 0.4) is 0 Å². The van der Waals surface area contributed by atoms with E-state index in [-0.39, 0.29) is 54.3 Å². The maximum atomic E-state index is 12.4. The number of esters is 2. The Morgan fingerprint density at radius 3 is 2.20 bits per heavy atom. The second kappa shape index (κ2) is 24.8. The number of hydrogen-bond acceptors (Lipinski definition) is 7. The van der Waals surface area contributed by atoms with Gasteiger partial charge in [0.25, 0.3) is 0 Å². The summed E-state index contributed by atoms with van der Waals surface area (Å²) in [5.74, 6) is 0.0740. The molecular formula is C43H67ClO7. The van der Waals surface area contributed by atoms with Gasteiger partial charge in [0.2, 0.25) is 0 Å². The first-order chi connectivity index (χ1) is 24.8. The van der Waals surface area contributed by atoms with Crippen LogP contribution in [0.1, 0.15) is 153 Å². The zero-order valence-corrected chi connectivity index (χ0v) is 32.3. The van der Waals surface area contributed by atoms with E-state index >= 15 is 0 Å². The highest BCUT2D eigenvalue weighted by Gasteiger charge is 2.42. The first kappa shape index (κ1) is 43.1. The van der Waals surface area contributed by atoms with Crippen LogP contribution in [-0.4, -0.2) is 59.6 Å². The maximum Gasteiger partial charge on any atom is 0.338 e. The predicted octanol–water partition coefficient (Wildman–Crippen LogP) is 10.3. The standard InChI is InChI=1S/C43H67ClO7/c1-3-5-6-7-8-9-10-11-14-17-30-49-35-26-24-34(25-27-35)42(48)51-32-31-50-41(47)23-16-13-12-15-20-36-37(39(45)33-38(36)44)21-18-22-40(46)43(4-2)28-19-29-43/h12,15,18,21,24-27,36-40,45-46H,3-11,13-14,16-17,19-20,22-23,28-33H2,1-2H3/t36-,37-,38-,39-,40+/m1/s1. The third-order valence-corrected chi connectivity index (χ3v) is 11.6. The van der Waals surface area contributed by atoms with E-state index in [0.29, 0.717) is 31.4 Å². The highest BCUT2D eigenvalue weighted by molar-refractivity contribution is 6.21. The number of aliphatic hydroxyl groups is 2. The molecule has 288 valence electrons. The first-order valence-corrected chi connectivity index (χ1v) is 20.6. The minimum Gasteiger partial charge on any atom is -0.494 e. The summed E-state index contributed by atoms with van der Waals surface area (Å²) in [5.41, 5.74) is 0.506. The number of allylic oxidation sites excluding steroid dienone is 2. The van der Waals surface area contributed by atoms with Gasteiger partial charge in [-0.05, 0) is 93.4 Å². The number of hydrogen-bond donors (Lipinski definition) is 2. The highest BCUT2D eigenvalue weighted by Crippen LogP contribution is 2.48. The molecule has 2 saturated carbocycles. The molecule has 2 aliphatic carbocycles. The summed E-state index contributed by atoms with van der Waals surface area (Å²) in [6.45, 7) is 5.11. The molecule has 0 amide bonds. The fourth-order valence-electron chi connectivity index (χ4n) is 7.48. The van der Waals surface area contributed by atoms with Gasteiger partial charge in [-0.15, -0.1) is 11.6 Å². The normalized spacial score (nSPS) is 21.9. The molecule has 0 radical (unpaired) electrons. The molecule has 0 unspecified atom stereocenters. The number of halogens is 1. The van der Waals surface area contributed by atoms with Crippen molar-refractivity contribution in [2.45, 2.75) is 160 Å². The number of rotatable bonds is 27. The quantitative estimate of drug-likeness (QED) is 0.0402. The van der Waals surface area contributed by atoms with Gasteiger partial charge in [-0.3, -0.25) is 4.79 Å². The van der Waals surface area contributed by atoms with Crippen molar-refractivity contribution in [2.24, 2.45) is 17.3 Å². The average Bonchev–Trinajstić information content (AvgIpc) is 3.37. The Balaban J connectivity index is 1.20. The average molecular weight is 731 g/mol. The smallest absolute Gasteiger partial charge is 0.338 e. The molecule has 5 atom stereocenters. The third kappa shape index (κ3) is 15.7. The Morgan fingerprint density at radius 1 is 0.882 bits per heavy atom. The third-order valence-electron chi connectivity index (χ3n) is 11.1. The molecule has 51 heavy (non-hydrogen) atoms. The van der Waals surface area contributed by atoms with Crippen molar-refractivity contribution < 1.29 is 34.0 Å². The van der Waals surface area contributed by atoms with Crippen LogP contribution in [0.2, 0.25) is 0 Å². The molecule has 1 aromatic carbocycles. The van der Waals surface area contributed by atoms with Gasteiger partial charge in [-0.1, -0.05) is 102 Å². The molecule has 8 heteroatoms. The summed E-state index contributed by atoms with van der Waals surface area (Å²) in [4.78, 5) is 24.5. The number of carbonyl (C=O) groups excluding carboxylic acids is 2. The summed E-state index contributed by atoms with van der Waals surface area (Å²) in [7, 11) is 0.